The minimum atomic E-state index is 0.500. The second kappa shape index (κ2) is 13.3. The summed E-state index contributed by atoms with van der Waals surface area (Å²) in [6, 6.07) is 66.0. The summed E-state index contributed by atoms with van der Waals surface area (Å²) < 4.78 is 8.93. The molecule has 298 valence electrons. The maximum Gasteiger partial charge on any atom is 0.240 e. The number of aromatic nitrogens is 9. The van der Waals surface area contributed by atoms with Crippen LogP contribution in [0.25, 0.3) is 122 Å². The number of nitrogens with zero attached hydrogens (tertiary/aromatic N) is 9. The monoisotopic (exact) mass is 819 g/mol. The van der Waals surface area contributed by atoms with Crippen molar-refractivity contribution in [2.24, 2.45) is 0 Å². The van der Waals surface area contributed by atoms with E-state index in [4.69, 9.17) is 24.9 Å². The molecule has 7 heterocycles. The van der Waals surface area contributed by atoms with Gasteiger partial charge in [-0.2, -0.15) is 15.0 Å². The smallest absolute Gasteiger partial charge is 0.240 e. The zero-order chi connectivity index (χ0) is 41.9. The highest BCUT2D eigenvalue weighted by atomic mass is 15.3. The molecular weight excluding hydrogens is 787 g/mol. The molecule has 0 saturated carbocycles. The number of fused-ring (bicyclic) bond motifs is 12. The highest BCUT2D eigenvalue weighted by Gasteiger charge is 2.22. The molecule has 0 amide bonds. The van der Waals surface area contributed by atoms with Crippen molar-refractivity contribution in [3.8, 4) is 34.7 Å². The van der Waals surface area contributed by atoms with E-state index in [2.05, 4.69) is 170 Å². The molecule has 9 nitrogen and oxygen atoms in total. The molecule has 14 aromatic rings. The Morgan fingerprint density at radius 1 is 0.281 bits per heavy atom. The maximum atomic E-state index is 5.27. The first-order valence-electron chi connectivity index (χ1n) is 21.3. The lowest BCUT2D eigenvalue weighted by Crippen LogP contribution is -2.10. The van der Waals surface area contributed by atoms with Crippen molar-refractivity contribution in [3.05, 3.63) is 200 Å². The highest BCUT2D eigenvalue weighted by Crippen LogP contribution is 2.38. The Balaban J connectivity index is 0.958. The van der Waals surface area contributed by atoms with Crippen LogP contribution in [0, 0.1) is 0 Å². The van der Waals surface area contributed by atoms with E-state index >= 15 is 0 Å². The average molecular weight is 820 g/mol. The summed E-state index contributed by atoms with van der Waals surface area (Å²) in [4.78, 5) is 25.4. The van der Waals surface area contributed by atoms with Crippen molar-refractivity contribution in [1.29, 1.82) is 0 Å². The fourth-order valence-electron chi connectivity index (χ4n) is 10.0. The fraction of sp³-hybridized carbons (Fsp3) is 0. The third-order valence-corrected chi connectivity index (χ3v) is 12.7. The minimum absolute atomic E-state index is 0.500. The third kappa shape index (κ3) is 4.91. The van der Waals surface area contributed by atoms with E-state index in [1.165, 1.54) is 32.6 Å². The quantitative estimate of drug-likeness (QED) is 0.173. The van der Waals surface area contributed by atoms with Gasteiger partial charge in [0.1, 0.15) is 0 Å². The van der Waals surface area contributed by atoms with Crippen LogP contribution in [-0.2, 0) is 0 Å². The van der Waals surface area contributed by atoms with Gasteiger partial charge in [0.2, 0.25) is 11.9 Å². The fourth-order valence-corrected chi connectivity index (χ4v) is 10.0. The van der Waals surface area contributed by atoms with E-state index in [1.807, 2.05) is 48.8 Å². The zero-order valence-corrected chi connectivity index (χ0v) is 34.1. The van der Waals surface area contributed by atoms with Crippen molar-refractivity contribution in [2.45, 2.75) is 0 Å². The van der Waals surface area contributed by atoms with E-state index in [-0.39, 0.29) is 0 Å². The molecule has 0 radical (unpaired) electrons. The summed E-state index contributed by atoms with van der Waals surface area (Å²) in [6.45, 7) is 0. The van der Waals surface area contributed by atoms with Gasteiger partial charge in [0.05, 0.1) is 55.2 Å². The highest BCUT2D eigenvalue weighted by molar-refractivity contribution is 6.13. The van der Waals surface area contributed by atoms with Gasteiger partial charge in [0, 0.05) is 61.6 Å². The van der Waals surface area contributed by atoms with Gasteiger partial charge in [-0.3, -0.25) is 19.1 Å². The summed E-state index contributed by atoms with van der Waals surface area (Å²) in [7, 11) is 0. The van der Waals surface area contributed by atoms with Gasteiger partial charge < -0.3 is 9.13 Å². The predicted molar refractivity (Wildman–Crippen MR) is 258 cm³/mol. The molecule has 9 heteroatoms. The average Bonchev–Trinajstić information content (AvgIpc) is 4.09. The Hall–Kier alpha value is -8.95. The molecule has 0 aliphatic heterocycles. The SMILES string of the molecule is c1ccc2c(c1)c1ccccc1n2-c1ccc2c(c1)c1ccccc1n2-c1ccc(-c2nc(-n3c4ccccc4c4ncccc43)nc(-n3c4ccccc4c4ncccc43)n2)cc1. The van der Waals surface area contributed by atoms with Crippen LogP contribution in [0.5, 0.6) is 0 Å². The normalized spacial score (nSPS) is 12.1. The van der Waals surface area contributed by atoms with Gasteiger partial charge in [0.25, 0.3) is 0 Å². The van der Waals surface area contributed by atoms with Gasteiger partial charge in [-0.05, 0) is 97.1 Å². The van der Waals surface area contributed by atoms with Crippen LogP contribution in [0.2, 0.25) is 0 Å². The first kappa shape index (κ1) is 34.7. The predicted octanol–water partition coefficient (Wildman–Crippen LogP) is 12.7. The number of rotatable bonds is 5. The number of hydrogen-bond donors (Lipinski definition) is 0. The molecular formula is C55H33N9. The molecule has 0 N–H and O–H groups in total. The van der Waals surface area contributed by atoms with Crippen molar-refractivity contribution in [1.82, 2.24) is 43.2 Å². The Bertz CT molecular complexity index is 3920. The summed E-state index contributed by atoms with van der Waals surface area (Å²) in [6.07, 6.45) is 3.66. The van der Waals surface area contributed by atoms with Crippen molar-refractivity contribution >= 4 is 87.5 Å². The Kier molecular flexibility index (Phi) is 7.20. The van der Waals surface area contributed by atoms with Gasteiger partial charge in [-0.15, -0.1) is 0 Å². The van der Waals surface area contributed by atoms with Crippen LogP contribution in [0.15, 0.2) is 200 Å². The molecule has 0 atom stereocenters. The molecule has 0 unspecified atom stereocenters. The lowest BCUT2D eigenvalue weighted by atomic mass is 10.1. The van der Waals surface area contributed by atoms with E-state index in [0.29, 0.717) is 17.7 Å². The van der Waals surface area contributed by atoms with Crippen LogP contribution >= 0.6 is 0 Å². The summed E-state index contributed by atoms with van der Waals surface area (Å²) in [5.41, 5.74) is 13.2. The third-order valence-electron chi connectivity index (χ3n) is 12.7. The van der Waals surface area contributed by atoms with Gasteiger partial charge in [0.15, 0.2) is 5.82 Å². The molecule has 64 heavy (non-hydrogen) atoms. The van der Waals surface area contributed by atoms with Crippen LogP contribution in [-0.4, -0.2) is 43.2 Å². The lowest BCUT2D eigenvalue weighted by molar-refractivity contribution is 0.892. The molecule has 7 aromatic carbocycles. The maximum absolute atomic E-state index is 5.27. The summed E-state index contributed by atoms with van der Waals surface area (Å²) in [5.74, 6) is 1.55. The summed E-state index contributed by atoms with van der Waals surface area (Å²) >= 11 is 0. The number of benzene rings is 7. The zero-order valence-electron chi connectivity index (χ0n) is 34.1. The van der Waals surface area contributed by atoms with E-state index < -0.39 is 0 Å². The Morgan fingerprint density at radius 2 is 0.672 bits per heavy atom. The van der Waals surface area contributed by atoms with Crippen molar-refractivity contribution in [3.63, 3.8) is 0 Å². The standard InChI is InChI=1S/C55H33N9/c1-6-18-43-37(13-1)38-14-2-7-19-44(38)62(43)36-29-30-48-42(33-36)39-15-3-8-20-45(39)61(48)35-27-25-34(26-28-35)53-58-54(63-46-21-9-4-16-40(46)51-49(63)23-11-31-56-51)60-55(59-53)64-47-22-10-5-17-41(47)52-50(64)24-12-32-57-52/h1-33H. The van der Waals surface area contributed by atoms with Gasteiger partial charge in [-0.25, -0.2) is 0 Å². The molecule has 14 rings (SSSR count). The van der Waals surface area contributed by atoms with E-state index in [9.17, 15) is 0 Å². The van der Waals surface area contributed by atoms with Crippen LogP contribution in [0.4, 0.5) is 0 Å². The first-order valence-corrected chi connectivity index (χ1v) is 21.3. The number of para-hydroxylation sites is 5. The molecule has 0 aliphatic rings. The topological polar surface area (TPSA) is 84.2 Å². The Morgan fingerprint density at radius 3 is 1.19 bits per heavy atom. The van der Waals surface area contributed by atoms with Crippen LogP contribution < -0.4 is 0 Å². The van der Waals surface area contributed by atoms with Crippen LogP contribution in [0.1, 0.15) is 0 Å². The summed E-state index contributed by atoms with van der Waals surface area (Å²) in [5, 5.41) is 6.93. The number of hydrogen-bond acceptors (Lipinski definition) is 5. The number of pyridine rings is 2. The van der Waals surface area contributed by atoms with E-state index in [0.717, 1.165) is 71.8 Å². The second-order valence-corrected chi connectivity index (χ2v) is 16.2. The van der Waals surface area contributed by atoms with E-state index in [1.54, 1.807) is 0 Å². The molecule has 0 spiro atoms. The lowest BCUT2D eigenvalue weighted by Gasteiger charge is -2.13. The second-order valence-electron chi connectivity index (χ2n) is 16.2. The minimum Gasteiger partial charge on any atom is -0.309 e. The molecule has 0 fully saturated rings. The molecule has 0 aliphatic carbocycles. The Labute approximate surface area is 364 Å². The van der Waals surface area contributed by atoms with Crippen LogP contribution in [0.3, 0.4) is 0 Å². The van der Waals surface area contributed by atoms with Crippen molar-refractivity contribution < 1.29 is 0 Å². The van der Waals surface area contributed by atoms with Gasteiger partial charge in [-0.1, -0.05) is 91.0 Å². The molecule has 0 bridgehead atoms. The van der Waals surface area contributed by atoms with Crippen molar-refractivity contribution in [2.75, 3.05) is 0 Å². The largest absolute Gasteiger partial charge is 0.309 e. The first-order chi connectivity index (χ1) is 31.8. The molecule has 0 saturated heterocycles. The van der Waals surface area contributed by atoms with Gasteiger partial charge >= 0.3 is 0 Å². The molecule has 7 aromatic heterocycles.